The molecule has 138 valence electrons. The molecule has 10 heteroatoms. The molecule has 0 fully saturated rings. The summed E-state index contributed by atoms with van der Waals surface area (Å²) in [5.74, 6) is -4.18. The summed E-state index contributed by atoms with van der Waals surface area (Å²) in [5.41, 5.74) is 0. The molecule has 24 heavy (non-hydrogen) atoms. The SMILES string of the molecule is CC(C)OC(=O)CN(CC(=O)O)[C@@H](C)CN(CC(=O)O)CC(=O)O. The van der Waals surface area contributed by atoms with Gasteiger partial charge >= 0.3 is 23.9 Å². The minimum Gasteiger partial charge on any atom is -0.480 e. The maximum atomic E-state index is 11.7. The summed E-state index contributed by atoms with van der Waals surface area (Å²) in [6.07, 6.45) is -0.352. The molecule has 0 aliphatic heterocycles. The molecular weight excluding hydrogens is 324 g/mol. The molecule has 0 heterocycles. The molecule has 0 saturated heterocycles. The number of esters is 1. The average molecular weight is 348 g/mol. The summed E-state index contributed by atoms with van der Waals surface area (Å²) in [4.78, 5) is 46.7. The lowest BCUT2D eigenvalue weighted by Gasteiger charge is -2.30. The smallest absolute Gasteiger partial charge is 0.320 e. The van der Waals surface area contributed by atoms with Crippen LogP contribution >= 0.6 is 0 Å². The molecule has 3 N–H and O–H groups in total. The number of hydrogen-bond acceptors (Lipinski definition) is 7. The van der Waals surface area contributed by atoms with E-state index in [0.717, 1.165) is 4.90 Å². The predicted molar refractivity (Wildman–Crippen MR) is 81.6 cm³/mol. The molecule has 0 saturated carbocycles. The van der Waals surface area contributed by atoms with Crippen molar-refractivity contribution >= 4 is 23.9 Å². The number of nitrogens with zero attached hydrogens (tertiary/aromatic N) is 2. The van der Waals surface area contributed by atoms with Gasteiger partial charge in [0.2, 0.25) is 0 Å². The Bertz CT molecular complexity index is 450. The van der Waals surface area contributed by atoms with E-state index in [1.807, 2.05) is 0 Å². The van der Waals surface area contributed by atoms with Gasteiger partial charge in [-0.1, -0.05) is 0 Å². The highest BCUT2D eigenvalue weighted by Crippen LogP contribution is 2.04. The first kappa shape index (κ1) is 21.8. The number of aliphatic carboxylic acids is 3. The van der Waals surface area contributed by atoms with Gasteiger partial charge in [-0.05, 0) is 20.8 Å². The van der Waals surface area contributed by atoms with Crippen LogP contribution in [-0.4, -0.2) is 93.9 Å². The highest BCUT2D eigenvalue weighted by Gasteiger charge is 2.24. The lowest BCUT2D eigenvalue weighted by atomic mass is 10.2. The van der Waals surface area contributed by atoms with E-state index in [-0.39, 0.29) is 19.2 Å². The third-order valence-corrected chi connectivity index (χ3v) is 2.90. The molecule has 1 atom stereocenters. The third-order valence-electron chi connectivity index (χ3n) is 2.90. The summed E-state index contributed by atoms with van der Waals surface area (Å²) >= 11 is 0. The van der Waals surface area contributed by atoms with Crippen LogP contribution in [0.5, 0.6) is 0 Å². The van der Waals surface area contributed by atoms with Crippen molar-refractivity contribution in [3.8, 4) is 0 Å². The Morgan fingerprint density at radius 2 is 1.29 bits per heavy atom. The van der Waals surface area contributed by atoms with E-state index in [0.29, 0.717) is 0 Å². The largest absolute Gasteiger partial charge is 0.480 e. The fourth-order valence-electron chi connectivity index (χ4n) is 2.06. The number of carbonyl (C=O) groups excluding carboxylic acids is 1. The quantitative estimate of drug-likeness (QED) is 0.383. The Hall–Kier alpha value is -2.20. The molecule has 0 unspecified atom stereocenters. The lowest BCUT2D eigenvalue weighted by molar-refractivity contribution is -0.151. The van der Waals surface area contributed by atoms with Gasteiger partial charge in [0.15, 0.2) is 0 Å². The van der Waals surface area contributed by atoms with Crippen molar-refractivity contribution in [3.05, 3.63) is 0 Å². The minimum atomic E-state index is -1.20. The Morgan fingerprint density at radius 3 is 1.67 bits per heavy atom. The molecule has 0 aromatic heterocycles. The standard InChI is InChI=1S/C14H24N2O8/c1-9(2)24-14(23)8-16(7-13(21)22)10(3)4-15(5-11(17)18)6-12(19)20/h9-10H,4-8H2,1-3H3,(H,17,18)(H,19,20)(H,21,22)/t10-/m0/s1. The van der Waals surface area contributed by atoms with Crippen LogP contribution in [0, 0.1) is 0 Å². The van der Waals surface area contributed by atoms with Crippen molar-refractivity contribution in [1.82, 2.24) is 9.80 Å². The fraction of sp³-hybridized carbons (Fsp3) is 0.714. The molecular formula is C14H24N2O8. The Balaban J connectivity index is 4.95. The van der Waals surface area contributed by atoms with E-state index in [9.17, 15) is 19.2 Å². The Morgan fingerprint density at radius 1 is 0.833 bits per heavy atom. The van der Waals surface area contributed by atoms with Gasteiger partial charge in [-0.25, -0.2) is 0 Å². The van der Waals surface area contributed by atoms with Crippen molar-refractivity contribution in [1.29, 1.82) is 0 Å². The summed E-state index contributed by atoms with van der Waals surface area (Å²) in [7, 11) is 0. The summed E-state index contributed by atoms with van der Waals surface area (Å²) < 4.78 is 4.97. The molecule has 0 bridgehead atoms. The second-order valence-corrected chi connectivity index (χ2v) is 5.64. The van der Waals surface area contributed by atoms with Crippen LogP contribution in [0.25, 0.3) is 0 Å². The highest BCUT2D eigenvalue weighted by atomic mass is 16.5. The molecule has 0 aliphatic rings. The van der Waals surface area contributed by atoms with Crippen molar-refractivity contribution in [2.75, 3.05) is 32.7 Å². The molecule has 0 aliphatic carbocycles. The average Bonchev–Trinajstić information content (AvgIpc) is 2.34. The zero-order valence-corrected chi connectivity index (χ0v) is 14.0. The van der Waals surface area contributed by atoms with Gasteiger partial charge in [0, 0.05) is 12.6 Å². The summed E-state index contributed by atoms with van der Waals surface area (Å²) in [6, 6.07) is -0.570. The monoisotopic (exact) mass is 348 g/mol. The highest BCUT2D eigenvalue weighted by molar-refractivity contribution is 5.74. The molecule has 0 radical (unpaired) electrons. The minimum absolute atomic E-state index is 0.0269. The third kappa shape index (κ3) is 10.5. The van der Waals surface area contributed by atoms with Gasteiger partial charge in [0.1, 0.15) is 0 Å². The first-order valence-electron chi connectivity index (χ1n) is 7.32. The van der Waals surface area contributed by atoms with E-state index in [2.05, 4.69) is 0 Å². The Kier molecular flexibility index (Phi) is 9.58. The molecule has 0 amide bonds. The van der Waals surface area contributed by atoms with Crippen molar-refractivity contribution in [2.24, 2.45) is 0 Å². The number of carboxylic acid groups (broad SMARTS) is 3. The van der Waals surface area contributed by atoms with E-state index in [1.54, 1.807) is 20.8 Å². The number of rotatable bonds is 12. The molecule has 0 spiro atoms. The second-order valence-electron chi connectivity index (χ2n) is 5.64. The van der Waals surface area contributed by atoms with E-state index in [4.69, 9.17) is 20.1 Å². The van der Waals surface area contributed by atoms with Gasteiger partial charge in [-0.15, -0.1) is 0 Å². The molecule has 0 aromatic rings. The maximum Gasteiger partial charge on any atom is 0.320 e. The van der Waals surface area contributed by atoms with Gasteiger partial charge in [-0.3, -0.25) is 29.0 Å². The van der Waals surface area contributed by atoms with E-state index >= 15 is 0 Å². The van der Waals surface area contributed by atoms with E-state index < -0.39 is 49.6 Å². The lowest BCUT2D eigenvalue weighted by Crippen LogP contribution is -2.49. The summed E-state index contributed by atoms with van der Waals surface area (Å²) in [6.45, 7) is 3.11. The van der Waals surface area contributed by atoms with Gasteiger partial charge < -0.3 is 20.1 Å². The van der Waals surface area contributed by atoms with Crippen LogP contribution in [-0.2, 0) is 23.9 Å². The zero-order chi connectivity index (χ0) is 18.9. The van der Waals surface area contributed by atoms with Crippen LogP contribution in [0.15, 0.2) is 0 Å². The van der Waals surface area contributed by atoms with Crippen molar-refractivity contribution in [2.45, 2.75) is 32.9 Å². The maximum absolute atomic E-state index is 11.7. The molecule has 0 rings (SSSR count). The van der Waals surface area contributed by atoms with Crippen LogP contribution in [0.2, 0.25) is 0 Å². The van der Waals surface area contributed by atoms with E-state index in [1.165, 1.54) is 4.90 Å². The van der Waals surface area contributed by atoms with Crippen molar-refractivity contribution < 1.29 is 39.2 Å². The number of hydrogen-bond donors (Lipinski definition) is 3. The van der Waals surface area contributed by atoms with Gasteiger partial charge in [-0.2, -0.15) is 0 Å². The number of ether oxygens (including phenoxy) is 1. The second kappa shape index (κ2) is 10.6. The van der Waals surface area contributed by atoms with Crippen LogP contribution in [0.4, 0.5) is 0 Å². The molecule has 0 aromatic carbocycles. The molecule has 10 nitrogen and oxygen atoms in total. The summed E-state index contributed by atoms with van der Waals surface area (Å²) in [5, 5.41) is 26.6. The van der Waals surface area contributed by atoms with Crippen LogP contribution in [0.1, 0.15) is 20.8 Å². The number of carbonyl (C=O) groups is 4. The van der Waals surface area contributed by atoms with Crippen LogP contribution in [0.3, 0.4) is 0 Å². The number of carboxylic acids is 3. The van der Waals surface area contributed by atoms with Gasteiger partial charge in [0.05, 0.1) is 32.3 Å². The zero-order valence-electron chi connectivity index (χ0n) is 14.0. The van der Waals surface area contributed by atoms with Gasteiger partial charge in [0.25, 0.3) is 0 Å². The van der Waals surface area contributed by atoms with Crippen LogP contribution < -0.4 is 0 Å². The topological polar surface area (TPSA) is 145 Å². The fourth-order valence-corrected chi connectivity index (χ4v) is 2.06. The first-order chi connectivity index (χ1) is 11.0. The first-order valence-corrected chi connectivity index (χ1v) is 7.32. The normalized spacial score (nSPS) is 12.4. The Labute approximate surface area is 139 Å². The predicted octanol–water partition coefficient (Wildman–Crippen LogP) is -0.816. The van der Waals surface area contributed by atoms with Crippen molar-refractivity contribution in [3.63, 3.8) is 0 Å².